The molecule has 3 heterocycles. The van der Waals surface area contributed by atoms with Crippen LogP contribution < -0.4 is 20.1 Å². The molecule has 1 fully saturated rings. The summed E-state index contributed by atoms with van der Waals surface area (Å²) in [5.74, 6) is 1.70. The van der Waals surface area contributed by atoms with Crippen LogP contribution in [0.2, 0.25) is 25.7 Å². The Hall–Kier alpha value is -3.15. The molecule has 11 heteroatoms. The summed E-state index contributed by atoms with van der Waals surface area (Å²) in [6.45, 7) is 9.52. The van der Waals surface area contributed by atoms with E-state index in [1.54, 1.807) is 13.3 Å². The molecular weight excluding hydrogens is 512 g/mol. The number of nitrogens with zero attached hydrogens (tertiary/aromatic N) is 4. The summed E-state index contributed by atoms with van der Waals surface area (Å²) in [5.41, 5.74) is 2.39. The topological polar surface area (TPSA) is 103 Å². The molecule has 212 valence electrons. The van der Waals surface area contributed by atoms with E-state index >= 15 is 0 Å². The number of carbonyl (C=O) groups is 1. The third kappa shape index (κ3) is 8.17. The van der Waals surface area contributed by atoms with E-state index in [0.717, 1.165) is 54.1 Å². The number of carbonyl (C=O) groups excluding carboxylic acids is 1. The van der Waals surface area contributed by atoms with Crippen molar-refractivity contribution in [1.82, 2.24) is 24.8 Å². The van der Waals surface area contributed by atoms with Gasteiger partial charge in [-0.25, -0.2) is 14.8 Å². The van der Waals surface area contributed by atoms with E-state index in [1.165, 1.54) is 0 Å². The number of aromatic nitrogens is 3. The molecule has 0 aromatic carbocycles. The highest BCUT2D eigenvalue weighted by atomic mass is 28.3. The molecule has 0 spiro atoms. The average molecular weight is 555 g/mol. The number of rotatable bonds is 14. The van der Waals surface area contributed by atoms with Crippen molar-refractivity contribution in [1.29, 1.82) is 0 Å². The van der Waals surface area contributed by atoms with Crippen LogP contribution in [0.15, 0.2) is 30.6 Å². The fourth-order valence-electron chi connectivity index (χ4n) is 4.12. The lowest BCUT2D eigenvalue weighted by atomic mass is 10.1. The van der Waals surface area contributed by atoms with Gasteiger partial charge in [0.05, 0.1) is 18.8 Å². The van der Waals surface area contributed by atoms with Crippen LogP contribution in [0, 0.1) is 0 Å². The first-order valence-electron chi connectivity index (χ1n) is 13.6. The van der Waals surface area contributed by atoms with Gasteiger partial charge in [-0.2, -0.15) is 0 Å². The molecule has 2 N–H and O–H groups in total. The summed E-state index contributed by atoms with van der Waals surface area (Å²) in [4.78, 5) is 23.9. The molecule has 39 heavy (non-hydrogen) atoms. The van der Waals surface area contributed by atoms with Gasteiger partial charge in [0.25, 0.3) is 0 Å². The fraction of sp³-hybridized carbons (Fsp3) is 0.536. The van der Waals surface area contributed by atoms with Crippen LogP contribution in [0.5, 0.6) is 11.6 Å². The zero-order chi connectivity index (χ0) is 28.0. The van der Waals surface area contributed by atoms with Gasteiger partial charge in [-0.1, -0.05) is 19.6 Å². The largest absolute Gasteiger partial charge is 0.490 e. The van der Waals surface area contributed by atoms with Gasteiger partial charge in [0.15, 0.2) is 0 Å². The first kappa shape index (κ1) is 28.8. The Bertz CT molecular complexity index is 1270. The van der Waals surface area contributed by atoms with Crippen molar-refractivity contribution >= 4 is 31.0 Å². The Labute approximate surface area is 232 Å². The molecule has 0 saturated heterocycles. The van der Waals surface area contributed by atoms with Crippen molar-refractivity contribution in [2.45, 2.75) is 57.8 Å². The SMILES string of the molecule is COc1nccc(OC2CC2)c1-c1cn(COCC[Si](C)(C)C)c2nc(NC(=O)NCCCN(C)C)ccc12. The minimum Gasteiger partial charge on any atom is -0.490 e. The average Bonchev–Trinajstić information content (AvgIpc) is 3.63. The van der Waals surface area contributed by atoms with E-state index < -0.39 is 8.07 Å². The molecule has 3 aromatic heterocycles. The summed E-state index contributed by atoms with van der Waals surface area (Å²) < 4.78 is 20.0. The second-order valence-corrected chi connectivity index (χ2v) is 17.1. The zero-order valence-corrected chi connectivity index (χ0v) is 25.0. The van der Waals surface area contributed by atoms with Crippen LogP contribution in [0.25, 0.3) is 22.2 Å². The molecule has 4 rings (SSSR count). The smallest absolute Gasteiger partial charge is 0.320 e. The number of fused-ring (bicyclic) bond motifs is 1. The van der Waals surface area contributed by atoms with Crippen LogP contribution >= 0.6 is 0 Å². The maximum atomic E-state index is 12.5. The molecule has 3 aromatic rings. The molecule has 0 unspecified atom stereocenters. The summed E-state index contributed by atoms with van der Waals surface area (Å²) in [6.07, 6.45) is 6.90. The highest BCUT2D eigenvalue weighted by Gasteiger charge is 2.27. The molecule has 0 radical (unpaired) electrons. The molecular formula is C28H42N6O4Si. The molecule has 1 aliphatic carbocycles. The second kappa shape index (κ2) is 12.8. The molecule has 0 aliphatic heterocycles. The van der Waals surface area contributed by atoms with Crippen LogP contribution in [-0.4, -0.2) is 80.5 Å². The number of hydrogen-bond donors (Lipinski definition) is 2. The van der Waals surface area contributed by atoms with Crippen LogP contribution in [0.4, 0.5) is 10.6 Å². The van der Waals surface area contributed by atoms with Crippen LogP contribution in [0.1, 0.15) is 19.3 Å². The number of ether oxygens (including phenoxy) is 3. The number of anilines is 1. The first-order chi connectivity index (χ1) is 18.6. The Morgan fingerprint density at radius 3 is 2.69 bits per heavy atom. The van der Waals surface area contributed by atoms with Crippen molar-refractivity contribution in [3.63, 3.8) is 0 Å². The standard InChI is InChI=1S/C28H42N6O4Si/c1-33(2)15-7-13-30-28(35)32-24-11-10-21-22(18-34(26(21)31-24)19-37-16-17-39(4,5)6)25-23(38-20-8-9-20)12-14-29-27(25)36-3/h10-12,14,18,20H,7-9,13,15-17,19H2,1-6H3,(H2,30,31,32,35). The highest BCUT2D eigenvalue weighted by Crippen LogP contribution is 2.43. The summed E-state index contributed by atoms with van der Waals surface area (Å²) in [5, 5.41) is 6.66. The Morgan fingerprint density at radius 2 is 2.00 bits per heavy atom. The molecule has 0 bridgehead atoms. The number of nitrogens with one attached hydrogen (secondary N) is 2. The lowest BCUT2D eigenvalue weighted by Crippen LogP contribution is -2.31. The Morgan fingerprint density at radius 1 is 1.21 bits per heavy atom. The normalized spacial score (nSPS) is 13.6. The van der Waals surface area contributed by atoms with E-state index in [4.69, 9.17) is 19.2 Å². The van der Waals surface area contributed by atoms with Crippen molar-refractivity contribution in [2.75, 3.05) is 46.2 Å². The first-order valence-corrected chi connectivity index (χ1v) is 17.3. The van der Waals surface area contributed by atoms with Gasteiger partial charge in [-0.3, -0.25) is 5.32 Å². The van der Waals surface area contributed by atoms with E-state index in [1.807, 2.05) is 43.1 Å². The van der Waals surface area contributed by atoms with Crippen LogP contribution in [0.3, 0.4) is 0 Å². The molecule has 1 saturated carbocycles. The Kier molecular flexibility index (Phi) is 9.47. The third-order valence-electron chi connectivity index (χ3n) is 6.42. The Balaban J connectivity index is 1.63. The minimum atomic E-state index is -1.22. The monoisotopic (exact) mass is 554 g/mol. The lowest BCUT2D eigenvalue weighted by molar-refractivity contribution is 0.0899. The van der Waals surface area contributed by atoms with Gasteiger partial charge in [-0.15, -0.1) is 0 Å². The molecule has 2 amide bonds. The van der Waals surface area contributed by atoms with Gasteiger partial charge >= 0.3 is 6.03 Å². The predicted molar refractivity (Wildman–Crippen MR) is 157 cm³/mol. The van der Waals surface area contributed by atoms with Crippen LogP contribution in [-0.2, 0) is 11.5 Å². The zero-order valence-electron chi connectivity index (χ0n) is 24.0. The van der Waals surface area contributed by atoms with Crippen molar-refractivity contribution < 1.29 is 19.0 Å². The van der Waals surface area contributed by atoms with Gasteiger partial charge in [0, 0.05) is 44.6 Å². The summed E-state index contributed by atoms with van der Waals surface area (Å²) >= 11 is 0. The maximum Gasteiger partial charge on any atom is 0.320 e. The molecule has 1 aliphatic rings. The highest BCUT2D eigenvalue weighted by molar-refractivity contribution is 6.76. The van der Waals surface area contributed by atoms with E-state index in [-0.39, 0.29) is 12.1 Å². The van der Waals surface area contributed by atoms with Crippen molar-refractivity contribution in [3.05, 3.63) is 30.6 Å². The second-order valence-electron chi connectivity index (χ2n) is 11.5. The lowest BCUT2D eigenvalue weighted by Gasteiger charge is -2.15. The number of hydrogen-bond acceptors (Lipinski definition) is 7. The minimum absolute atomic E-state index is 0.222. The van der Waals surface area contributed by atoms with E-state index in [2.05, 4.69) is 40.2 Å². The summed E-state index contributed by atoms with van der Waals surface area (Å²) in [6, 6.07) is 6.45. The third-order valence-corrected chi connectivity index (χ3v) is 8.12. The number of urea groups is 1. The van der Waals surface area contributed by atoms with Gasteiger partial charge in [0.2, 0.25) is 5.88 Å². The number of methoxy groups -OCH3 is 1. The van der Waals surface area contributed by atoms with Gasteiger partial charge < -0.3 is 29.0 Å². The molecule has 0 atom stereocenters. The quantitative estimate of drug-likeness (QED) is 0.213. The van der Waals surface area contributed by atoms with Crippen molar-refractivity contribution in [3.8, 4) is 22.8 Å². The fourth-order valence-corrected chi connectivity index (χ4v) is 4.88. The number of amides is 2. The van der Waals surface area contributed by atoms with Gasteiger partial charge in [-0.05, 0) is 64.1 Å². The molecule has 10 nitrogen and oxygen atoms in total. The van der Waals surface area contributed by atoms with E-state index in [0.29, 0.717) is 37.2 Å². The predicted octanol–water partition coefficient (Wildman–Crippen LogP) is 5.03. The van der Waals surface area contributed by atoms with E-state index in [9.17, 15) is 4.79 Å². The summed E-state index contributed by atoms with van der Waals surface area (Å²) in [7, 11) is 4.42. The van der Waals surface area contributed by atoms with Gasteiger partial charge in [0.1, 0.15) is 23.9 Å². The number of pyridine rings is 2. The maximum absolute atomic E-state index is 12.5. The van der Waals surface area contributed by atoms with Crippen molar-refractivity contribution in [2.24, 2.45) is 0 Å².